The van der Waals surface area contributed by atoms with Gasteiger partial charge in [-0.15, -0.1) is 5.10 Å². The van der Waals surface area contributed by atoms with Crippen molar-refractivity contribution < 1.29 is 0 Å². The number of nitrogens with two attached hydrogens (primary N) is 1. The standard InChI is InChI=1S/C16H23N5/c1-2-13-8-9-16(10-13,12-17)11-15-18-19-20-21(15)14-6-4-3-5-7-14/h3-7,13H,2,8-12,17H2,1H3. The van der Waals surface area contributed by atoms with E-state index in [-0.39, 0.29) is 5.41 Å². The zero-order valence-corrected chi connectivity index (χ0v) is 12.6. The molecular weight excluding hydrogens is 262 g/mol. The van der Waals surface area contributed by atoms with E-state index in [1.54, 1.807) is 0 Å². The number of nitrogens with zero attached hydrogens (tertiary/aromatic N) is 4. The third-order valence-electron chi connectivity index (χ3n) is 4.88. The average molecular weight is 285 g/mol. The molecule has 0 saturated heterocycles. The van der Waals surface area contributed by atoms with Gasteiger partial charge in [0.1, 0.15) is 0 Å². The molecule has 5 heteroatoms. The molecule has 21 heavy (non-hydrogen) atoms. The lowest BCUT2D eigenvalue weighted by atomic mass is 9.81. The second kappa shape index (κ2) is 5.93. The Hall–Kier alpha value is -1.75. The quantitative estimate of drug-likeness (QED) is 0.915. The first-order valence-corrected chi connectivity index (χ1v) is 7.79. The molecule has 2 atom stereocenters. The summed E-state index contributed by atoms with van der Waals surface area (Å²) in [6.07, 6.45) is 5.76. The van der Waals surface area contributed by atoms with Crippen molar-refractivity contribution in [2.24, 2.45) is 17.1 Å². The maximum Gasteiger partial charge on any atom is 0.157 e. The molecule has 1 heterocycles. The molecule has 0 amide bonds. The van der Waals surface area contributed by atoms with E-state index in [1.165, 1.54) is 25.7 Å². The van der Waals surface area contributed by atoms with Crippen LogP contribution in [0.1, 0.15) is 38.4 Å². The fourth-order valence-corrected chi connectivity index (χ4v) is 3.51. The summed E-state index contributed by atoms with van der Waals surface area (Å²) in [7, 11) is 0. The predicted octanol–water partition coefficient (Wildman–Crippen LogP) is 2.36. The lowest BCUT2D eigenvalue weighted by Crippen LogP contribution is -2.31. The first kappa shape index (κ1) is 14.2. The summed E-state index contributed by atoms with van der Waals surface area (Å²) in [4.78, 5) is 0. The molecule has 1 aromatic heterocycles. The molecule has 0 radical (unpaired) electrons. The zero-order valence-electron chi connectivity index (χ0n) is 12.6. The molecule has 1 saturated carbocycles. The van der Waals surface area contributed by atoms with Gasteiger partial charge in [0.2, 0.25) is 0 Å². The minimum atomic E-state index is 0.169. The Balaban J connectivity index is 1.84. The molecule has 2 aromatic rings. The highest BCUT2D eigenvalue weighted by Crippen LogP contribution is 2.44. The van der Waals surface area contributed by atoms with E-state index in [1.807, 2.05) is 35.0 Å². The van der Waals surface area contributed by atoms with Crippen LogP contribution in [0, 0.1) is 11.3 Å². The van der Waals surface area contributed by atoms with Gasteiger partial charge in [0.15, 0.2) is 5.82 Å². The summed E-state index contributed by atoms with van der Waals surface area (Å²) in [6, 6.07) is 10.1. The van der Waals surface area contributed by atoms with Gasteiger partial charge in [0.25, 0.3) is 0 Å². The molecule has 112 valence electrons. The monoisotopic (exact) mass is 285 g/mol. The summed E-state index contributed by atoms with van der Waals surface area (Å²) >= 11 is 0. The van der Waals surface area contributed by atoms with Crippen molar-refractivity contribution >= 4 is 0 Å². The molecule has 1 aromatic carbocycles. The number of rotatable bonds is 5. The van der Waals surface area contributed by atoms with Crippen molar-refractivity contribution in [3.05, 3.63) is 36.2 Å². The van der Waals surface area contributed by atoms with Crippen LogP contribution < -0.4 is 5.73 Å². The summed E-state index contributed by atoms with van der Waals surface area (Å²) in [5.41, 5.74) is 7.29. The predicted molar refractivity (Wildman–Crippen MR) is 82.0 cm³/mol. The van der Waals surface area contributed by atoms with Crippen LogP contribution >= 0.6 is 0 Å². The van der Waals surface area contributed by atoms with E-state index >= 15 is 0 Å². The van der Waals surface area contributed by atoms with Gasteiger partial charge in [-0.25, -0.2) is 0 Å². The summed E-state index contributed by atoms with van der Waals surface area (Å²) in [6.45, 7) is 2.98. The largest absolute Gasteiger partial charge is 0.330 e. The minimum absolute atomic E-state index is 0.169. The van der Waals surface area contributed by atoms with Gasteiger partial charge < -0.3 is 5.73 Å². The van der Waals surface area contributed by atoms with Crippen LogP contribution in [0.2, 0.25) is 0 Å². The van der Waals surface area contributed by atoms with Crippen LogP contribution in [0.15, 0.2) is 30.3 Å². The Morgan fingerprint density at radius 3 is 2.81 bits per heavy atom. The van der Waals surface area contributed by atoms with Crippen molar-refractivity contribution in [2.75, 3.05) is 6.54 Å². The van der Waals surface area contributed by atoms with E-state index in [4.69, 9.17) is 5.73 Å². The van der Waals surface area contributed by atoms with Gasteiger partial charge in [0.05, 0.1) is 5.69 Å². The first-order valence-electron chi connectivity index (χ1n) is 7.79. The van der Waals surface area contributed by atoms with Crippen LogP contribution in [0.3, 0.4) is 0 Å². The first-order chi connectivity index (χ1) is 10.3. The highest BCUT2D eigenvalue weighted by molar-refractivity contribution is 5.30. The van der Waals surface area contributed by atoms with Gasteiger partial charge in [-0.05, 0) is 59.7 Å². The fraction of sp³-hybridized carbons (Fsp3) is 0.562. The van der Waals surface area contributed by atoms with E-state index in [0.717, 1.165) is 23.9 Å². The second-order valence-electron chi connectivity index (χ2n) is 6.24. The Kier molecular flexibility index (Phi) is 4.01. The number of aromatic nitrogens is 4. The van der Waals surface area contributed by atoms with Gasteiger partial charge in [0, 0.05) is 6.42 Å². The molecule has 0 spiro atoms. The molecule has 5 nitrogen and oxygen atoms in total. The maximum absolute atomic E-state index is 6.11. The SMILES string of the molecule is CCC1CCC(CN)(Cc2nnnn2-c2ccccc2)C1. The Labute approximate surface area is 125 Å². The van der Waals surface area contributed by atoms with Crippen LogP contribution in [0.4, 0.5) is 0 Å². The third-order valence-corrected chi connectivity index (χ3v) is 4.88. The molecule has 1 fully saturated rings. The van der Waals surface area contributed by atoms with Crippen molar-refractivity contribution in [2.45, 2.75) is 39.0 Å². The zero-order chi connectivity index (χ0) is 14.7. The Morgan fingerprint density at radius 2 is 2.14 bits per heavy atom. The van der Waals surface area contributed by atoms with Crippen molar-refractivity contribution in [1.82, 2.24) is 20.2 Å². The smallest absolute Gasteiger partial charge is 0.157 e. The molecule has 2 unspecified atom stereocenters. The Bertz CT molecular complexity index is 579. The highest BCUT2D eigenvalue weighted by atomic mass is 15.5. The Morgan fingerprint density at radius 1 is 1.33 bits per heavy atom. The van der Waals surface area contributed by atoms with Gasteiger partial charge in [-0.2, -0.15) is 4.68 Å². The lowest BCUT2D eigenvalue weighted by molar-refractivity contribution is 0.282. The number of benzene rings is 1. The third kappa shape index (κ3) is 2.83. The van der Waals surface area contributed by atoms with Crippen LogP contribution in [0.25, 0.3) is 5.69 Å². The number of tetrazole rings is 1. The van der Waals surface area contributed by atoms with Gasteiger partial charge in [-0.3, -0.25) is 0 Å². The molecular formula is C16H23N5. The van der Waals surface area contributed by atoms with Crippen LogP contribution in [-0.2, 0) is 6.42 Å². The lowest BCUT2D eigenvalue weighted by Gasteiger charge is -2.27. The minimum Gasteiger partial charge on any atom is -0.330 e. The fourth-order valence-electron chi connectivity index (χ4n) is 3.51. The number of hydrogen-bond donors (Lipinski definition) is 1. The second-order valence-corrected chi connectivity index (χ2v) is 6.24. The number of para-hydroxylation sites is 1. The van der Waals surface area contributed by atoms with Crippen LogP contribution in [0.5, 0.6) is 0 Å². The summed E-state index contributed by atoms with van der Waals surface area (Å²) in [5.74, 6) is 1.72. The maximum atomic E-state index is 6.11. The molecule has 3 rings (SSSR count). The molecule has 2 N–H and O–H groups in total. The summed E-state index contributed by atoms with van der Waals surface area (Å²) < 4.78 is 1.84. The molecule has 0 bridgehead atoms. The topological polar surface area (TPSA) is 69.6 Å². The molecule has 1 aliphatic rings. The van der Waals surface area contributed by atoms with Crippen LogP contribution in [-0.4, -0.2) is 26.8 Å². The van der Waals surface area contributed by atoms with Crippen molar-refractivity contribution in [3.63, 3.8) is 0 Å². The van der Waals surface area contributed by atoms with Gasteiger partial charge in [-0.1, -0.05) is 31.5 Å². The normalized spacial score (nSPS) is 25.3. The van der Waals surface area contributed by atoms with E-state index in [2.05, 4.69) is 22.4 Å². The van der Waals surface area contributed by atoms with Gasteiger partial charge >= 0.3 is 0 Å². The average Bonchev–Trinajstić information content (AvgIpc) is 3.16. The number of hydrogen-bond acceptors (Lipinski definition) is 4. The van der Waals surface area contributed by atoms with Crippen molar-refractivity contribution in [1.29, 1.82) is 0 Å². The molecule has 1 aliphatic carbocycles. The highest BCUT2D eigenvalue weighted by Gasteiger charge is 2.38. The van der Waals surface area contributed by atoms with E-state index in [9.17, 15) is 0 Å². The van der Waals surface area contributed by atoms with Crippen molar-refractivity contribution in [3.8, 4) is 5.69 Å². The summed E-state index contributed by atoms with van der Waals surface area (Å²) in [5, 5.41) is 12.3. The van der Waals surface area contributed by atoms with E-state index in [0.29, 0.717) is 6.54 Å². The van der Waals surface area contributed by atoms with E-state index < -0.39 is 0 Å². The molecule has 0 aliphatic heterocycles.